The van der Waals surface area contributed by atoms with Gasteiger partial charge in [-0.05, 0) is 43.3 Å². The predicted molar refractivity (Wildman–Crippen MR) is 85.8 cm³/mol. The Labute approximate surface area is 129 Å². The van der Waals surface area contributed by atoms with Crippen molar-refractivity contribution in [2.24, 2.45) is 0 Å². The van der Waals surface area contributed by atoms with Crippen molar-refractivity contribution < 1.29 is 9.53 Å². The van der Waals surface area contributed by atoms with Crippen molar-refractivity contribution in [1.82, 2.24) is 0 Å². The van der Waals surface area contributed by atoms with Gasteiger partial charge in [-0.25, -0.2) is 0 Å². The van der Waals surface area contributed by atoms with Crippen molar-refractivity contribution in [1.29, 1.82) is 0 Å². The molecule has 110 valence electrons. The number of benzene rings is 2. The molecule has 0 fully saturated rings. The second-order valence-corrected chi connectivity index (χ2v) is 4.92. The number of ether oxygens (including phenoxy) is 1. The molecular weight excluding hydrogens is 288 g/mol. The highest BCUT2D eigenvalue weighted by Gasteiger charge is 2.14. The van der Waals surface area contributed by atoms with E-state index in [9.17, 15) is 4.79 Å². The minimum Gasteiger partial charge on any atom is -0.484 e. The standard InChI is InChI=1S/C16H17ClN2O2/c1-2-19(14-7-4-6-13(18)10-14)16(20)11-21-15-8-3-5-12(17)9-15/h3-10H,2,11,18H2,1H3. The van der Waals surface area contributed by atoms with Gasteiger partial charge in [0.1, 0.15) is 5.75 Å². The van der Waals surface area contributed by atoms with Crippen LogP contribution in [-0.4, -0.2) is 19.1 Å². The maximum atomic E-state index is 12.3. The van der Waals surface area contributed by atoms with Gasteiger partial charge < -0.3 is 15.4 Å². The predicted octanol–water partition coefficient (Wildman–Crippen LogP) is 3.35. The summed E-state index contributed by atoms with van der Waals surface area (Å²) in [6.45, 7) is 2.39. The molecular formula is C16H17ClN2O2. The third-order valence-electron chi connectivity index (χ3n) is 2.96. The van der Waals surface area contributed by atoms with E-state index in [1.54, 1.807) is 41.3 Å². The number of anilines is 2. The molecule has 2 N–H and O–H groups in total. The molecule has 0 atom stereocenters. The number of rotatable bonds is 5. The number of nitrogen functional groups attached to an aromatic ring is 1. The Morgan fingerprint density at radius 3 is 2.67 bits per heavy atom. The normalized spacial score (nSPS) is 10.2. The van der Waals surface area contributed by atoms with Crippen molar-refractivity contribution in [2.45, 2.75) is 6.92 Å². The molecule has 2 aromatic carbocycles. The highest BCUT2D eigenvalue weighted by molar-refractivity contribution is 6.30. The monoisotopic (exact) mass is 304 g/mol. The molecule has 0 spiro atoms. The van der Waals surface area contributed by atoms with Gasteiger partial charge in [-0.3, -0.25) is 4.79 Å². The number of nitrogens with zero attached hydrogens (tertiary/aromatic N) is 1. The van der Waals surface area contributed by atoms with Crippen LogP contribution in [0, 0.1) is 0 Å². The molecule has 0 aliphatic rings. The van der Waals surface area contributed by atoms with E-state index in [0.29, 0.717) is 23.0 Å². The summed E-state index contributed by atoms with van der Waals surface area (Å²) in [6.07, 6.45) is 0. The van der Waals surface area contributed by atoms with Gasteiger partial charge in [0.2, 0.25) is 0 Å². The molecule has 0 aliphatic heterocycles. The summed E-state index contributed by atoms with van der Waals surface area (Å²) >= 11 is 5.87. The Morgan fingerprint density at radius 1 is 1.24 bits per heavy atom. The van der Waals surface area contributed by atoms with E-state index in [0.717, 1.165) is 5.69 Å². The number of hydrogen-bond acceptors (Lipinski definition) is 3. The largest absolute Gasteiger partial charge is 0.484 e. The molecule has 0 saturated heterocycles. The number of halogens is 1. The van der Waals surface area contributed by atoms with Gasteiger partial charge in [0.15, 0.2) is 6.61 Å². The van der Waals surface area contributed by atoms with Crippen LogP contribution >= 0.6 is 11.6 Å². The zero-order valence-electron chi connectivity index (χ0n) is 11.8. The molecule has 2 rings (SSSR count). The van der Waals surface area contributed by atoms with E-state index in [1.807, 2.05) is 19.1 Å². The summed E-state index contributed by atoms with van der Waals surface area (Å²) in [4.78, 5) is 13.9. The molecule has 0 heterocycles. The quantitative estimate of drug-likeness (QED) is 0.862. The number of amides is 1. The van der Waals surface area contributed by atoms with Crippen LogP contribution in [-0.2, 0) is 4.79 Å². The number of carbonyl (C=O) groups is 1. The van der Waals surface area contributed by atoms with Gasteiger partial charge in [-0.2, -0.15) is 0 Å². The van der Waals surface area contributed by atoms with Crippen LogP contribution in [0.4, 0.5) is 11.4 Å². The van der Waals surface area contributed by atoms with Gasteiger partial charge >= 0.3 is 0 Å². The molecule has 21 heavy (non-hydrogen) atoms. The summed E-state index contributed by atoms with van der Waals surface area (Å²) < 4.78 is 5.48. The number of carbonyl (C=O) groups excluding carboxylic acids is 1. The van der Waals surface area contributed by atoms with E-state index in [2.05, 4.69) is 0 Å². The molecule has 0 radical (unpaired) electrons. The second-order valence-electron chi connectivity index (χ2n) is 4.48. The highest BCUT2D eigenvalue weighted by atomic mass is 35.5. The molecule has 0 unspecified atom stereocenters. The van der Waals surface area contributed by atoms with Crippen LogP contribution in [0.5, 0.6) is 5.75 Å². The fourth-order valence-electron chi connectivity index (χ4n) is 1.98. The van der Waals surface area contributed by atoms with E-state index >= 15 is 0 Å². The third kappa shape index (κ3) is 4.13. The first kappa shape index (κ1) is 15.2. The van der Waals surface area contributed by atoms with Crippen LogP contribution in [0.1, 0.15) is 6.92 Å². The van der Waals surface area contributed by atoms with Crippen LogP contribution in [0.3, 0.4) is 0 Å². The summed E-state index contributed by atoms with van der Waals surface area (Å²) in [5, 5.41) is 0.572. The van der Waals surface area contributed by atoms with Crippen molar-refractivity contribution in [2.75, 3.05) is 23.8 Å². The maximum absolute atomic E-state index is 12.3. The molecule has 0 bridgehead atoms. The molecule has 0 saturated carbocycles. The van der Waals surface area contributed by atoms with Gasteiger partial charge in [0, 0.05) is 22.9 Å². The van der Waals surface area contributed by atoms with Crippen LogP contribution in [0.25, 0.3) is 0 Å². The molecule has 1 amide bonds. The first-order chi connectivity index (χ1) is 10.1. The van der Waals surface area contributed by atoms with Crippen molar-refractivity contribution in [3.63, 3.8) is 0 Å². The average molecular weight is 305 g/mol. The van der Waals surface area contributed by atoms with Gasteiger partial charge in [-0.1, -0.05) is 23.7 Å². The Bertz CT molecular complexity index is 631. The maximum Gasteiger partial charge on any atom is 0.264 e. The highest BCUT2D eigenvalue weighted by Crippen LogP contribution is 2.19. The lowest BCUT2D eigenvalue weighted by molar-refractivity contribution is -0.120. The fraction of sp³-hybridized carbons (Fsp3) is 0.188. The van der Waals surface area contributed by atoms with E-state index < -0.39 is 0 Å². The molecule has 2 aromatic rings. The topological polar surface area (TPSA) is 55.6 Å². The third-order valence-corrected chi connectivity index (χ3v) is 3.19. The van der Waals surface area contributed by atoms with Gasteiger partial charge in [0.25, 0.3) is 5.91 Å². The number of nitrogens with two attached hydrogens (primary N) is 1. The Balaban J connectivity index is 2.04. The van der Waals surface area contributed by atoms with Gasteiger partial charge in [-0.15, -0.1) is 0 Å². The summed E-state index contributed by atoms with van der Waals surface area (Å²) in [5.41, 5.74) is 7.13. The molecule has 5 heteroatoms. The van der Waals surface area contributed by atoms with Crippen LogP contribution in [0.2, 0.25) is 5.02 Å². The summed E-state index contributed by atoms with van der Waals surface area (Å²) in [7, 11) is 0. The Hall–Kier alpha value is -2.20. The Morgan fingerprint density at radius 2 is 2.00 bits per heavy atom. The lowest BCUT2D eigenvalue weighted by atomic mass is 10.2. The fourth-order valence-corrected chi connectivity index (χ4v) is 2.16. The van der Waals surface area contributed by atoms with Crippen LogP contribution < -0.4 is 15.4 Å². The SMILES string of the molecule is CCN(C(=O)COc1cccc(Cl)c1)c1cccc(N)c1. The van der Waals surface area contributed by atoms with Crippen molar-refractivity contribution in [3.8, 4) is 5.75 Å². The van der Waals surface area contributed by atoms with Crippen molar-refractivity contribution >= 4 is 28.9 Å². The van der Waals surface area contributed by atoms with Crippen molar-refractivity contribution in [3.05, 3.63) is 53.6 Å². The second kappa shape index (κ2) is 6.99. The molecule has 4 nitrogen and oxygen atoms in total. The minimum atomic E-state index is -0.136. The van der Waals surface area contributed by atoms with Crippen LogP contribution in [0.15, 0.2) is 48.5 Å². The zero-order chi connectivity index (χ0) is 15.2. The Kier molecular flexibility index (Phi) is 5.06. The van der Waals surface area contributed by atoms with E-state index in [-0.39, 0.29) is 12.5 Å². The number of hydrogen-bond donors (Lipinski definition) is 1. The first-order valence-corrected chi connectivity index (χ1v) is 7.02. The smallest absolute Gasteiger partial charge is 0.264 e. The van der Waals surface area contributed by atoms with E-state index in [1.165, 1.54) is 0 Å². The zero-order valence-corrected chi connectivity index (χ0v) is 12.5. The first-order valence-electron chi connectivity index (χ1n) is 6.64. The minimum absolute atomic E-state index is 0.0526. The number of likely N-dealkylation sites (N-methyl/N-ethyl adjacent to an activating group) is 1. The lowest BCUT2D eigenvalue weighted by Gasteiger charge is -2.21. The van der Waals surface area contributed by atoms with Gasteiger partial charge in [0.05, 0.1) is 0 Å². The summed E-state index contributed by atoms with van der Waals surface area (Å²) in [6, 6.07) is 14.2. The average Bonchev–Trinajstić information content (AvgIpc) is 2.46. The van der Waals surface area contributed by atoms with E-state index in [4.69, 9.17) is 22.1 Å². The molecule has 0 aromatic heterocycles. The summed E-state index contributed by atoms with van der Waals surface area (Å²) in [5.74, 6) is 0.433. The molecule has 0 aliphatic carbocycles. The lowest BCUT2D eigenvalue weighted by Crippen LogP contribution is -2.34.